The number of ether oxygens (including phenoxy) is 2. The minimum Gasteiger partial charge on any atom is -0.465 e. The summed E-state index contributed by atoms with van der Waals surface area (Å²) in [5.74, 6) is 1.53. The lowest BCUT2D eigenvalue weighted by atomic mass is 10.1. The molecular formula is C24H33N3O5. The standard InChI is InChI=1S/C24H33N3O5/c1-17-5-10-21(31-17)20(27-11-13-30-14-12-27)16-25-22(28)19-8-6-18(7-9-19)15-26-23(29)32-24(2,3)4/h5-10,20H,11-16H2,1-4H3,(H,25,28)(H,26,29). The van der Waals surface area contributed by atoms with Crippen molar-refractivity contribution in [3.05, 3.63) is 59.0 Å². The normalized spacial score (nSPS) is 15.8. The fourth-order valence-corrected chi connectivity index (χ4v) is 3.49. The molecule has 8 heteroatoms. The Balaban J connectivity index is 1.55. The zero-order valence-corrected chi connectivity index (χ0v) is 19.3. The van der Waals surface area contributed by atoms with Crippen molar-refractivity contribution >= 4 is 12.0 Å². The van der Waals surface area contributed by atoms with Crippen LogP contribution in [0.5, 0.6) is 0 Å². The number of amides is 2. The van der Waals surface area contributed by atoms with Crippen LogP contribution in [0.4, 0.5) is 4.79 Å². The van der Waals surface area contributed by atoms with Gasteiger partial charge in [0.15, 0.2) is 0 Å². The first kappa shape index (κ1) is 23.8. The van der Waals surface area contributed by atoms with Crippen molar-refractivity contribution in [2.45, 2.75) is 45.9 Å². The molecular weight excluding hydrogens is 410 g/mol. The third-order valence-corrected chi connectivity index (χ3v) is 5.08. The number of hydrogen-bond acceptors (Lipinski definition) is 6. The highest BCUT2D eigenvalue weighted by atomic mass is 16.6. The molecule has 1 saturated heterocycles. The van der Waals surface area contributed by atoms with E-state index in [1.54, 1.807) is 12.1 Å². The number of alkyl carbamates (subject to hydrolysis) is 1. The van der Waals surface area contributed by atoms with Gasteiger partial charge in [0, 0.05) is 31.7 Å². The Labute approximate surface area is 189 Å². The highest BCUT2D eigenvalue weighted by molar-refractivity contribution is 5.94. The van der Waals surface area contributed by atoms with Crippen molar-refractivity contribution in [3.63, 3.8) is 0 Å². The lowest BCUT2D eigenvalue weighted by molar-refractivity contribution is 0.0117. The number of carbonyl (C=O) groups is 2. The highest BCUT2D eigenvalue weighted by Crippen LogP contribution is 2.23. The van der Waals surface area contributed by atoms with Gasteiger partial charge >= 0.3 is 6.09 Å². The Morgan fingerprint density at radius 3 is 2.34 bits per heavy atom. The van der Waals surface area contributed by atoms with Crippen LogP contribution in [0, 0.1) is 6.92 Å². The van der Waals surface area contributed by atoms with Crippen molar-refractivity contribution < 1.29 is 23.5 Å². The number of carbonyl (C=O) groups excluding carboxylic acids is 2. The van der Waals surface area contributed by atoms with Crippen molar-refractivity contribution in [1.29, 1.82) is 0 Å². The fraction of sp³-hybridized carbons (Fsp3) is 0.500. The molecule has 1 aromatic heterocycles. The van der Waals surface area contributed by atoms with Crippen LogP contribution in [0.15, 0.2) is 40.8 Å². The number of benzene rings is 1. The molecule has 3 rings (SSSR count). The summed E-state index contributed by atoms with van der Waals surface area (Å²) in [7, 11) is 0. The van der Waals surface area contributed by atoms with Crippen molar-refractivity contribution in [2.75, 3.05) is 32.8 Å². The van der Waals surface area contributed by atoms with Crippen LogP contribution in [0.1, 0.15) is 54.3 Å². The fourth-order valence-electron chi connectivity index (χ4n) is 3.49. The van der Waals surface area contributed by atoms with Gasteiger partial charge in [0.25, 0.3) is 5.91 Å². The molecule has 2 N–H and O–H groups in total. The number of morpholine rings is 1. The van der Waals surface area contributed by atoms with E-state index in [9.17, 15) is 9.59 Å². The molecule has 174 valence electrons. The lowest BCUT2D eigenvalue weighted by Crippen LogP contribution is -2.43. The van der Waals surface area contributed by atoms with Crippen LogP contribution >= 0.6 is 0 Å². The predicted molar refractivity (Wildman–Crippen MR) is 120 cm³/mol. The molecule has 8 nitrogen and oxygen atoms in total. The number of rotatable bonds is 7. The summed E-state index contributed by atoms with van der Waals surface area (Å²) in [4.78, 5) is 26.8. The van der Waals surface area contributed by atoms with Crippen LogP contribution in [0.3, 0.4) is 0 Å². The largest absolute Gasteiger partial charge is 0.465 e. The molecule has 0 aliphatic carbocycles. The van der Waals surface area contributed by atoms with E-state index in [0.717, 1.165) is 30.2 Å². The van der Waals surface area contributed by atoms with E-state index >= 15 is 0 Å². The van der Waals surface area contributed by atoms with Crippen LogP contribution in [-0.2, 0) is 16.0 Å². The van der Waals surface area contributed by atoms with Crippen LogP contribution < -0.4 is 10.6 Å². The van der Waals surface area contributed by atoms with E-state index in [2.05, 4.69) is 15.5 Å². The minimum atomic E-state index is -0.542. The molecule has 0 radical (unpaired) electrons. The number of aryl methyl sites for hydroxylation is 1. The van der Waals surface area contributed by atoms with Crippen molar-refractivity contribution in [1.82, 2.24) is 15.5 Å². The van der Waals surface area contributed by atoms with Crippen LogP contribution in [0.2, 0.25) is 0 Å². The summed E-state index contributed by atoms with van der Waals surface area (Å²) in [5.41, 5.74) is 0.895. The van der Waals surface area contributed by atoms with Gasteiger partial charge in [-0.05, 0) is 57.5 Å². The second kappa shape index (κ2) is 10.7. The van der Waals surface area contributed by atoms with E-state index in [0.29, 0.717) is 31.9 Å². The average molecular weight is 444 g/mol. The molecule has 0 saturated carbocycles. The molecule has 1 aromatic carbocycles. The third-order valence-electron chi connectivity index (χ3n) is 5.08. The Morgan fingerprint density at radius 2 is 1.75 bits per heavy atom. The lowest BCUT2D eigenvalue weighted by Gasteiger charge is -2.33. The second-order valence-corrected chi connectivity index (χ2v) is 8.87. The smallest absolute Gasteiger partial charge is 0.407 e. The second-order valence-electron chi connectivity index (χ2n) is 8.87. The first-order valence-electron chi connectivity index (χ1n) is 10.9. The number of nitrogens with one attached hydrogen (secondary N) is 2. The molecule has 1 aliphatic heterocycles. The summed E-state index contributed by atoms with van der Waals surface area (Å²) in [6.07, 6.45) is -0.471. The maximum absolute atomic E-state index is 12.7. The predicted octanol–water partition coefficient (Wildman–Crippen LogP) is 3.42. The summed E-state index contributed by atoms with van der Waals surface area (Å²) >= 11 is 0. The van der Waals surface area contributed by atoms with Gasteiger partial charge in [-0.2, -0.15) is 0 Å². The molecule has 0 bridgehead atoms. The molecule has 1 unspecified atom stereocenters. The van der Waals surface area contributed by atoms with E-state index < -0.39 is 11.7 Å². The first-order valence-corrected chi connectivity index (χ1v) is 10.9. The van der Waals surface area contributed by atoms with Crippen LogP contribution in [-0.4, -0.2) is 55.3 Å². The molecule has 0 spiro atoms. The van der Waals surface area contributed by atoms with Gasteiger partial charge in [-0.1, -0.05) is 12.1 Å². The maximum Gasteiger partial charge on any atom is 0.407 e. The van der Waals surface area contributed by atoms with E-state index in [-0.39, 0.29) is 11.9 Å². The number of hydrogen-bond donors (Lipinski definition) is 2. The van der Waals surface area contributed by atoms with Crippen molar-refractivity contribution in [3.8, 4) is 0 Å². The molecule has 2 aromatic rings. The summed E-state index contributed by atoms with van der Waals surface area (Å²) in [6.45, 7) is 11.0. The minimum absolute atomic E-state index is 0.0474. The van der Waals surface area contributed by atoms with Gasteiger partial charge in [-0.25, -0.2) is 4.79 Å². The molecule has 1 aliphatic rings. The van der Waals surface area contributed by atoms with Gasteiger partial charge in [0.1, 0.15) is 17.1 Å². The van der Waals surface area contributed by atoms with E-state index in [1.807, 2.05) is 52.0 Å². The number of furan rings is 1. The Morgan fingerprint density at radius 1 is 1.06 bits per heavy atom. The zero-order valence-electron chi connectivity index (χ0n) is 19.3. The number of nitrogens with zero attached hydrogens (tertiary/aromatic N) is 1. The Kier molecular flexibility index (Phi) is 7.93. The maximum atomic E-state index is 12.7. The molecule has 1 atom stereocenters. The van der Waals surface area contributed by atoms with Gasteiger partial charge in [0.2, 0.25) is 0 Å². The summed E-state index contributed by atoms with van der Waals surface area (Å²) in [5, 5.41) is 5.74. The van der Waals surface area contributed by atoms with E-state index in [1.165, 1.54) is 0 Å². The van der Waals surface area contributed by atoms with E-state index in [4.69, 9.17) is 13.9 Å². The molecule has 32 heavy (non-hydrogen) atoms. The monoisotopic (exact) mass is 443 g/mol. The summed E-state index contributed by atoms with van der Waals surface area (Å²) < 4.78 is 16.5. The van der Waals surface area contributed by atoms with Gasteiger partial charge in [-0.3, -0.25) is 9.69 Å². The quantitative estimate of drug-likeness (QED) is 0.681. The molecule has 1 fully saturated rings. The SMILES string of the molecule is Cc1ccc(C(CNC(=O)c2ccc(CNC(=O)OC(C)(C)C)cc2)N2CCOCC2)o1. The van der Waals surface area contributed by atoms with Crippen LogP contribution in [0.25, 0.3) is 0 Å². The highest BCUT2D eigenvalue weighted by Gasteiger charge is 2.26. The topological polar surface area (TPSA) is 93.0 Å². The Hall–Kier alpha value is -2.84. The molecule has 2 heterocycles. The van der Waals surface area contributed by atoms with Crippen molar-refractivity contribution in [2.24, 2.45) is 0 Å². The first-order chi connectivity index (χ1) is 15.2. The Bertz CT molecular complexity index is 895. The zero-order chi connectivity index (χ0) is 23.1. The van der Waals surface area contributed by atoms with Gasteiger partial charge in [0.05, 0.1) is 19.3 Å². The van der Waals surface area contributed by atoms with Gasteiger partial charge in [-0.15, -0.1) is 0 Å². The molecule has 2 amide bonds. The third kappa shape index (κ3) is 7.10. The average Bonchev–Trinajstić information content (AvgIpc) is 3.18. The summed E-state index contributed by atoms with van der Waals surface area (Å²) in [6, 6.07) is 11.0. The van der Waals surface area contributed by atoms with Gasteiger partial charge < -0.3 is 24.5 Å².